The van der Waals surface area contributed by atoms with Crippen molar-refractivity contribution in [2.24, 2.45) is 0 Å². The summed E-state index contributed by atoms with van der Waals surface area (Å²) in [4.78, 5) is 63.9. The third-order valence-corrected chi connectivity index (χ3v) is 12.5. The van der Waals surface area contributed by atoms with Crippen molar-refractivity contribution < 1.29 is 46.2 Å². The molecular weight excluding hydrogens is 837 g/mol. The molecule has 4 amide bonds. The first-order valence-electron chi connectivity index (χ1n) is 21.6. The molecule has 2 aromatic heterocycles. The highest BCUT2D eigenvalue weighted by Crippen LogP contribution is 2.34. The fourth-order valence-electron chi connectivity index (χ4n) is 8.92. The summed E-state index contributed by atoms with van der Waals surface area (Å²) in [5.41, 5.74) is 4.14. The Hall–Kier alpha value is -6.27. The zero-order valence-corrected chi connectivity index (χ0v) is 34.9. The number of fused-ring (bicyclic) bond motifs is 2. The van der Waals surface area contributed by atoms with Crippen LogP contribution in [0.15, 0.2) is 67.1 Å². The lowest BCUT2D eigenvalue weighted by Crippen LogP contribution is -2.52. The molecule has 1 N–H and O–H groups in total. The summed E-state index contributed by atoms with van der Waals surface area (Å²) in [6.45, 7) is 2.97. The number of morpholine rings is 1. The number of ether oxygens (including phenoxy) is 2. The zero-order valence-electron chi connectivity index (χ0n) is 34.9. The average molecular weight is 883 g/mol. The van der Waals surface area contributed by atoms with Crippen LogP contribution in [0.1, 0.15) is 72.5 Å². The standard InChI is InChI=1S/C46H46F4N8O6/c47-36-21-28(22-37(48)35(36)27-55-15-18-63-19-16-55)33-4-3-5-38-42(33)53-39(24-51-38)30-23-52-58(26-30)31-10-13-56(14-11-31)45(62)46(49,50)12-1-2-17-64-32-6-7-34-29(20-32)25-57(44(34)61)40-8-9-41(59)54-43(40)60/h3-7,20-24,26,31,40H,1-2,8-19,25,27H2,(H,54,59,60). The molecule has 3 fully saturated rings. The predicted molar refractivity (Wildman–Crippen MR) is 224 cm³/mol. The quantitative estimate of drug-likeness (QED) is 0.0838. The highest BCUT2D eigenvalue weighted by molar-refractivity contribution is 6.05. The molecule has 0 spiro atoms. The molecule has 3 aromatic carbocycles. The lowest BCUT2D eigenvalue weighted by Gasteiger charge is -2.34. The molecule has 1 unspecified atom stereocenters. The van der Waals surface area contributed by atoms with E-state index in [9.17, 15) is 19.2 Å². The number of carbonyl (C=O) groups is 4. The van der Waals surface area contributed by atoms with Crippen LogP contribution in [0, 0.1) is 11.6 Å². The van der Waals surface area contributed by atoms with Gasteiger partial charge in [-0.2, -0.15) is 13.9 Å². The van der Waals surface area contributed by atoms with E-state index in [0.29, 0.717) is 89.4 Å². The van der Waals surface area contributed by atoms with E-state index in [1.165, 1.54) is 21.9 Å². The first-order valence-corrected chi connectivity index (χ1v) is 21.6. The summed E-state index contributed by atoms with van der Waals surface area (Å²) in [6.07, 6.45) is 5.97. The molecule has 0 bridgehead atoms. The van der Waals surface area contributed by atoms with Crippen LogP contribution in [0.3, 0.4) is 0 Å². The van der Waals surface area contributed by atoms with E-state index in [1.807, 2.05) is 4.90 Å². The second kappa shape index (κ2) is 18.1. The molecule has 9 rings (SSSR count). The number of imide groups is 1. The van der Waals surface area contributed by atoms with Crippen molar-refractivity contribution in [2.75, 3.05) is 46.0 Å². The van der Waals surface area contributed by atoms with Gasteiger partial charge < -0.3 is 19.3 Å². The van der Waals surface area contributed by atoms with Gasteiger partial charge in [-0.15, -0.1) is 0 Å². The second-order valence-corrected chi connectivity index (χ2v) is 16.7. The minimum absolute atomic E-state index is 0.00561. The van der Waals surface area contributed by atoms with Gasteiger partial charge in [-0.3, -0.25) is 39.1 Å². The summed E-state index contributed by atoms with van der Waals surface area (Å²) >= 11 is 0. The topological polar surface area (TPSA) is 152 Å². The maximum absolute atomic E-state index is 15.4. The molecule has 1 atom stereocenters. The maximum atomic E-state index is 15.4. The minimum Gasteiger partial charge on any atom is -0.494 e. The molecule has 0 saturated carbocycles. The largest absolute Gasteiger partial charge is 0.494 e. The Kier molecular flexibility index (Phi) is 12.1. The Labute approximate surface area is 365 Å². The molecule has 0 radical (unpaired) electrons. The number of aromatic nitrogens is 4. The van der Waals surface area contributed by atoms with Gasteiger partial charge in [0.15, 0.2) is 0 Å². The van der Waals surface area contributed by atoms with Crippen molar-refractivity contribution >= 4 is 34.7 Å². The van der Waals surface area contributed by atoms with Gasteiger partial charge in [0.25, 0.3) is 11.8 Å². The lowest BCUT2D eigenvalue weighted by molar-refractivity contribution is -0.160. The maximum Gasteiger partial charge on any atom is 0.324 e. The number of carbonyl (C=O) groups excluding carboxylic acids is 4. The third-order valence-electron chi connectivity index (χ3n) is 12.5. The number of piperidine rings is 2. The fourth-order valence-corrected chi connectivity index (χ4v) is 8.92. The number of amides is 4. The predicted octanol–water partition coefficient (Wildman–Crippen LogP) is 6.08. The molecule has 5 aromatic rings. The van der Waals surface area contributed by atoms with Gasteiger partial charge in [-0.25, -0.2) is 13.8 Å². The van der Waals surface area contributed by atoms with Crippen molar-refractivity contribution in [3.8, 4) is 28.1 Å². The van der Waals surface area contributed by atoms with Crippen molar-refractivity contribution in [1.29, 1.82) is 0 Å². The Balaban J connectivity index is 0.759. The van der Waals surface area contributed by atoms with E-state index in [1.54, 1.807) is 59.7 Å². The number of halogens is 4. The monoisotopic (exact) mass is 882 g/mol. The van der Waals surface area contributed by atoms with Gasteiger partial charge in [0.1, 0.15) is 23.4 Å². The number of unbranched alkanes of at least 4 members (excludes halogenated alkanes) is 1. The van der Waals surface area contributed by atoms with Gasteiger partial charge in [0.05, 0.1) is 55.0 Å². The molecular formula is C46H46F4N8O6. The summed E-state index contributed by atoms with van der Waals surface area (Å²) in [5, 5.41) is 6.81. The number of hydrogen-bond donors (Lipinski definition) is 1. The number of rotatable bonds is 13. The van der Waals surface area contributed by atoms with E-state index in [4.69, 9.17) is 14.5 Å². The van der Waals surface area contributed by atoms with Crippen LogP contribution < -0.4 is 10.1 Å². The number of para-hydroxylation sites is 1. The van der Waals surface area contributed by atoms with Crippen LogP contribution in [0.2, 0.25) is 0 Å². The molecule has 4 aliphatic rings. The summed E-state index contributed by atoms with van der Waals surface area (Å²) < 4.78 is 74.1. The highest BCUT2D eigenvalue weighted by atomic mass is 19.3. The minimum atomic E-state index is -3.55. The smallest absolute Gasteiger partial charge is 0.324 e. The molecule has 64 heavy (non-hydrogen) atoms. The SMILES string of the molecule is O=C1CCC(N2Cc3cc(OCCCCC(F)(F)C(=O)N4CCC(n5cc(-c6cnc7cccc(-c8cc(F)c(CN9CCOCC9)c(F)c8)c7n6)cn5)CC4)ccc3C2=O)C(=O)N1. The number of nitrogens with one attached hydrogen (secondary N) is 1. The second-order valence-electron chi connectivity index (χ2n) is 16.7. The first-order chi connectivity index (χ1) is 30.9. The Bertz CT molecular complexity index is 2590. The summed E-state index contributed by atoms with van der Waals surface area (Å²) in [6, 6.07) is 12.0. The van der Waals surface area contributed by atoms with Crippen LogP contribution in [0.4, 0.5) is 17.6 Å². The molecule has 3 saturated heterocycles. The van der Waals surface area contributed by atoms with Crippen LogP contribution in [0.5, 0.6) is 5.75 Å². The molecule has 14 nitrogen and oxygen atoms in total. The van der Waals surface area contributed by atoms with Crippen molar-refractivity contribution in [1.82, 2.24) is 39.8 Å². The van der Waals surface area contributed by atoms with E-state index in [2.05, 4.69) is 15.4 Å². The van der Waals surface area contributed by atoms with Gasteiger partial charge >= 0.3 is 5.92 Å². The first kappa shape index (κ1) is 43.0. The van der Waals surface area contributed by atoms with Gasteiger partial charge in [-0.05, 0) is 79.6 Å². The van der Waals surface area contributed by atoms with Crippen molar-refractivity contribution in [3.63, 3.8) is 0 Å². The highest BCUT2D eigenvalue weighted by Gasteiger charge is 2.43. The molecule has 334 valence electrons. The Morgan fingerprint density at radius 3 is 2.45 bits per heavy atom. The van der Waals surface area contributed by atoms with Crippen LogP contribution in [0.25, 0.3) is 33.4 Å². The number of likely N-dealkylation sites (tertiary alicyclic amines) is 1. The fraction of sp³-hybridized carbons (Fsp3) is 0.413. The van der Waals surface area contributed by atoms with Crippen LogP contribution >= 0.6 is 0 Å². The van der Waals surface area contributed by atoms with Crippen LogP contribution in [-0.2, 0) is 32.2 Å². The average Bonchev–Trinajstić information content (AvgIpc) is 3.92. The van der Waals surface area contributed by atoms with E-state index >= 15 is 17.6 Å². The van der Waals surface area contributed by atoms with Crippen molar-refractivity contribution in [2.45, 2.75) is 76.0 Å². The molecule has 0 aliphatic carbocycles. The number of hydrogen-bond acceptors (Lipinski definition) is 10. The summed E-state index contributed by atoms with van der Waals surface area (Å²) in [5.74, 6) is -6.73. The normalized spacial score (nSPS) is 18.8. The van der Waals surface area contributed by atoms with Crippen LogP contribution in [-0.4, -0.2) is 116 Å². The molecule has 6 heterocycles. The van der Waals surface area contributed by atoms with E-state index < -0.39 is 41.8 Å². The number of benzene rings is 3. The number of nitrogens with zero attached hydrogens (tertiary/aromatic N) is 7. The summed E-state index contributed by atoms with van der Waals surface area (Å²) in [7, 11) is 0. The van der Waals surface area contributed by atoms with Crippen molar-refractivity contribution in [3.05, 3.63) is 95.4 Å². The molecule has 18 heteroatoms. The van der Waals surface area contributed by atoms with E-state index in [0.717, 1.165) is 0 Å². The van der Waals surface area contributed by atoms with Gasteiger partial charge in [0, 0.05) is 80.6 Å². The Morgan fingerprint density at radius 2 is 1.69 bits per heavy atom. The van der Waals surface area contributed by atoms with Gasteiger partial charge in [-0.1, -0.05) is 12.1 Å². The zero-order chi connectivity index (χ0) is 44.5. The van der Waals surface area contributed by atoms with E-state index in [-0.39, 0.29) is 81.9 Å². The number of alkyl halides is 2. The Morgan fingerprint density at radius 1 is 0.906 bits per heavy atom. The lowest BCUT2D eigenvalue weighted by atomic mass is 10.0. The molecule has 4 aliphatic heterocycles. The third kappa shape index (κ3) is 8.93. The van der Waals surface area contributed by atoms with Gasteiger partial charge in [0.2, 0.25) is 11.8 Å².